The van der Waals surface area contributed by atoms with Gasteiger partial charge in [0.15, 0.2) is 25.5 Å². The minimum Gasteiger partial charge on any atom is -0.208 e. The Morgan fingerprint density at radius 3 is 1.40 bits per heavy atom. The summed E-state index contributed by atoms with van der Waals surface area (Å²) >= 11 is 0. The van der Waals surface area contributed by atoms with E-state index in [2.05, 4.69) is 84.9 Å². The lowest BCUT2D eigenvalue weighted by Crippen LogP contribution is -2.75. The first-order valence-corrected chi connectivity index (χ1v) is 21.3. The Bertz CT molecular complexity index is 3080. The Balaban J connectivity index is 1.26. The molecule has 0 amide bonds. The maximum atomic E-state index is 9.69. The van der Waals surface area contributed by atoms with Crippen LogP contribution in [0.3, 0.4) is 0 Å². The molecule has 8 aromatic carbocycles. The highest BCUT2D eigenvalue weighted by Gasteiger charge is 2.49. The van der Waals surface area contributed by atoms with Crippen molar-refractivity contribution in [1.82, 2.24) is 15.0 Å². The fraction of sp³-hybridized carbons (Fsp3) is 0.0377. The fourth-order valence-corrected chi connectivity index (χ4v) is 14.2. The molecule has 12 rings (SSSR count). The highest BCUT2D eigenvalue weighted by molar-refractivity contribution is 7.20. The smallest absolute Gasteiger partial charge is 0.179 e. The Morgan fingerprint density at radius 2 is 0.825 bits per heavy atom. The molecule has 0 spiro atoms. The highest BCUT2D eigenvalue weighted by Crippen LogP contribution is 2.57. The summed E-state index contributed by atoms with van der Waals surface area (Å²) < 4.78 is 46.1. The zero-order valence-electron chi connectivity index (χ0n) is 35.8. The van der Waals surface area contributed by atoms with Gasteiger partial charge in [-0.25, -0.2) is 15.0 Å². The molecule has 268 valence electrons. The zero-order valence-corrected chi connectivity index (χ0v) is 31.8. The summed E-state index contributed by atoms with van der Waals surface area (Å²) in [5, 5.41) is 3.19. The van der Waals surface area contributed by atoms with Crippen LogP contribution in [0.2, 0.25) is 0 Å². The molecule has 2 bridgehead atoms. The predicted octanol–water partition coefficient (Wildman–Crippen LogP) is 9.24. The molecule has 3 aliphatic rings. The number of nitrogens with zero attached hydrogens (tertiary/aromatic N) is 3. The molecule has 0 saturated heterocycles. The van der Waals surface area contributed by atoms with Gasteiger partial charge < -0.3 is 0 Å². The lowest BCUT2D eigenvalue weighted by Gasteiger charge is -2.46. The lowest BCUT2D eigenvalue weighted by atomic mass is 9.60. The molecule has 0 radical (unpaired) electrons. The third-order valence-corrected chi connectivity index (χ3v) is 16.4. The molecule has 4 heteroatoms. The predicted molar refractivity (Wildman–Crippen MR) is 235 cm³/mol. The van der Waals surface area contributed by atoms with E-state index in [0.29, 0.717) is 22.7 Å². The topological polar surface area (TPSA) is 38.7 Å². The van der Waals surface area contributed by atoms with Crippen LogP contribution in [0.4, 0.5) is 0 Å². The second kappa shape index (κ2) is 13.6. The second-order valence-electron chi connectivity index (χ2n) is 14.6. The van der Waals surface area contributed by atoms with Gasteiger partial charge in [0, 0.05) is 28.5 Å². The summed E-state index contributed by atoms with van der Waals surface area (Å²) in [6.45, 7) is 0. The van der Waals surface area contributed by atoms with E-state index in [-0.39, 0.29) is 36.0 Å². The maximum Gasteiger partial charge on any atom is 0.179 e. The molecule has 9 aromatic rings. The quantitative estimate of drug-likeness (QED) is 0.121. The average molecular weight is 749 g/mol. The molecule has 1 heterocycles. The van der Waals surface area contributed by atoms with E-state index in [9.17, 15) is 2.74 Å². The summed E-state index contributed by atoms with van der Waals surface area (Å²) in [5.74, 6) is 1.27. The molecule has 2 unspecified atom stereocenters. The molecular weight excluding hydrogens is 707 g/mol. The standard InChI is InChI=1S/C53H37N3Si/c1-6-20-36(21-7-1)51-54-52(37-22-8-2-9-23-37)56-53(55-51)45-34-18-32-43-47-41-30-16-17-31-42(41)50(48(43)45)49-44(47)33-19-35-46(49)57(38-24-10-3-11-25-38,39-26-12-4-13-27-39)40-28-14-5-15-29-40/h1-35,47,50H/i3D,10D,11D,24D,25D. The molecular formula is C53H37N3Si. The minimum absolute atomic E-state index is 0.150. The molecule has 3 nitrogen and oxygen atoms in total. The molecule has 0 fully saturated rings. The summed E-state index contributed by atoms with van der Waals surface area (Å²) in [6, 6.07) is 60.4. The number of aromatic nitrogens is 3. The van der Waals surface area contributed by atoms with Crippen molar-refractivity contribution in [3.8, 4) is 34.2 Å². The van der Waals surface area contributed by atoms with E-state index in [4.69, 9.17) is 19.1 Å². The van der Waals surface area contributed by atoms with E-state index < -0.39 is 14.1 Å². The molecule has 3 aliphatic carbocycles. The van der Waals surface area contributed by atoms with Crippen molar-refractivity contribution in [1.29, 1.82) is 0 Å². The summed E-state index contributed by atoms with van der Waals surface area (Å²) in [5.41, 5.74) is 9.60. The van der Waals surface area contributed by atoms with Gasteiger partial charge in [0.1, 0.15) is 0 Å². The molecule has 0 aliphatic heterocycles. The minimum atomic E-state index is -3.78. The van der Waals surface area contributed by atoms with Crippen LogP contribution in [0.25, 0.3) is 34.2 Å². The van der Waals surface area contributed by atoms with Crippen molar-refractivity contribution in [3.05, 3.63) is 246 Å². The van der Waals surface area contributed by atoms with Crippen molar-refractivity contribution in [2.45, 2.75) is 11.8 Å². The molecule has 0 saturated carbocycles. The number of benzene rings is 8. The number of hydrogen-bond acceptors (Lipinski definition) is 3. The van der Waals surface area contributed by atoms with E-state index >= 15 is 0 Å². The van der Waals surface area contributed by atoms with Crippen LogP contribution in [0.1, 0.15) is 52.1 Å². The first kappa shape index (κ1) is 28.4. The normalized spacial score (nSPS) is 16.2. The average Bonchev–Trinajstić information content (AvgIpc) is 3.34. The van der Waals surface area contributed by atoms with Crippen LogP contribution in [0.15, 0.2) is 212 Å². The first-order chi connectivity index (χ1) is 30.4. The largest absolute Gasteiger partial charge is 0.208 e. The Morgan fingerprint density at radius 1 is 0.368 bits per heavy atom. The van der Waals surface area contributed by atoms with Gasteiger partial charge in [0.25, 0.3) is 0 Å². The van der Waals surface area contributed by atoms with E-state index in [1.807, 2.05) is 97.1 Å². The monoisotopic (exact) mass is 748 g/mol. The van der Waals surface area contributed by atoms with Crippen molar-refractivity contribution in [2.75, 3.05) is 0 Å². The van der Waals surface area contributed by atoms with E-state index in [0.717, 1.165) is 48.9 Å². The van der Waals surface area contributed by atoms with Crippen molar-refractivity contribution in [2.24, 2.45) is 0 Å². The van der Waals surface area contributed by atoms with Crippen LogP contribution in [-0.4, -0.2) is 23.0 Å². The van der Waals surface area contributed by atoms with E-state index in [1.165, 1.54) is 16.7 Å². The highest BCUT2D eigenvalue weighted by atomic mass is 28.3. The first-order valence-electron chi connectivity index (χ1n) is 21.8. The zero-order chi connectivity index (χ0) is 42.1. The third-order valence-electron chi connectivity index (χ3n) is 11.7. The van der Waals surface area contributed by atoms with Gasteiger partial charge in [-0.1, -0.05) is 212 Å². The van der Waals surface area contributed by atoms with Gasteiger partial charge in [-0.05, 0) is 54.1 Å². The van der Waals surface area contributed by atoms with Crippen LogP contribution in [0.5, 0.6) is 0 Å². The molecule has 2 atom stereocenters. The van der Waals surface area contributed by atoms with Crippen LogP contribution in [0, 0.1) is 0 Å². The summed E-state index contributed by atoms with van der Waals surface area (Å²) in [7, 11) is -3.78. The molecule has 57 heavy (non-hydrogen) atoms. The van der Waals surface area contributed by atoms with Gasteiger partial charge in [-0.15, -0.1) is 0 Å². The van der Waals surface area contributed by atoms with Crippen LogP contribution < -0.4 is 20.7 Å². The SMILES string of the molecule is [2H]c1c([2H])c([2H])c([Si](c2ccccc2)(c2ccccc2)c2cccc3c2C2c4ccccc4C3c3cccc(-c4nc(-c5ccccc5)nc(-c5ccccc5)n4)c32)c([2H])c1[2H]. The number of hydrogen-bond donors (Lipinski definition) is 0. The molecule has 1 aromatic heterocycles. The number of rotatable bonds is 7. The van der Waals surface area contributed by atoms with E-state index in [1.54, 1.807) is 0 Å². The van der Waals surface area contributed by atoms with Gasteiger partial charge in [0.05, 0.1) is 6.85 Å². The summed E-state index contributed by atoms with van der Waals surface area (Å²) in [6.07, 6.45) is 0. The fourth-order valence-electron chi connectivity index (χ4n) is 9.47. The van der Waals surface area contributed by atoms with Crippen molar-refractivity contribution in [3.63, 3.8) is 0 Å². The lowest BCUT2D eigenvalue weighted by molar-refractivity contribution is 0.758. The third kappa shape index (κ3) is 5.22. The Labute approximate surface area is 341 Å². The molecule has 0 N–H and O–H groups in total. The Hall–Kier alpha value is -7.01. The van der Waals surface area contributed by atoms with Gasteiger partial charge in [-0.2, -0.15) is 0 Å². The van der Waals surface area contributed by atoms with Crippen LogP contribution in [-0.2, 0) is 0 Å². The van der Waals surface area contributed by atoms with Crippen molar-refractivity contribution >= 4 is 28.8 Å². The van der Waals surface area contributed by atoms with Gasteiger partial charge in [0.2, 0.25) is 0 Å². The van der Waals surface area contributed by atoms with Gasteiger partial charge in [-0.3, -0.25) is 0 Å². The van der Waals surface area contributed by atoms with Crippen molar-refractivity contribution < 1.29 is 6.85 Å². The summed E-state index contributed by atoms with van der Waals surface area (Å²) in [4.78, 5) is 15.5. The Kier molecular flexibility index (Phi) is 6.79. The maximum absolute atomic E-state index is 9.69. The second-order valence-corrected chi connectivity index (χ2v) is 18.3. The van der Waals surface area contributed by atoms with Gasteiger partial charge >= 0.3 is 0 Å². The van der Waals surface area contributed by atoms with Crippen LogP contribution >= 0.6 is 0 Å².